The molecule has 1 N–H and O–H groups in total. The van der Waals surface area contributed by atoms with Gasteiger partial charge in [0.05, 0.1) is 5.69 Å². The summed E-state index contributed by atoms with van der Waals surface area (Å²) in [6.45, 7) is 7.28. The van der Waals surface area contributed by atoms with Crippen LogP contribution in [0, 0.1) is 6.92 Å². The van der Waals surface area contributed by atoms with Gasteiger partial charge in [-0.15, -0.1) is 10.2 Å². The van der Waals surface area contributed by atoms with E-state index < -0.39 is 0 Å². The van der Waals surface area contributed by atoms with E-state index in [1.165, 1.54) is 16.9 Å². The maximum atomic E-state index is 13.1. The quantitative estimate of drug-likeness (QED) is 0.277. The first-order chi connectivity index (χ1) is 20.5. The number of aryl methyl sites for hydroxylation is 1. The number of benzene rings is 2. The van der Waals surface area contributed by atoms with Crippen molar-refractivity contribution in [3.8, 4) is 21.8 Å². The van der Waals surface area contributed by atoms with Gasteiger partial charge >= 0.3 is 0 Å². The first-order valence-corrected chi connectivity index (χ1v) is 14.8. The molecule has 1 aliphatic heterocycles. The Kier molecular flexibility index (Phi) is 8.36. The third kappa shape index (κ3) is 6.73. The Labute approximate surface area is 249 Å². The highest BCUT2D eigenvalue weighted by Crippen LogP contribution is 2.25. The van der Waals surface area contributed by atoms with Crippen LogP contribution in [-0.4, -0.2) is 74.1 Å². The molecule has 0 saturated carbocycles. The Bertz CT molecular complexity index is 1660. The van der Waals surface area contributed by atoms with Crippen LogP contribution in [0.2, 0.25) is 0 Å². The number of pyridine rings is 1. The lowest BCUT2D eigenvalue weighted by Gasteiger charge is -2.32. The number of aromatic nitrogens is 5. The molecule has 4 heterocycles. The maximum Gasteiger partial charge on any atom is 0.255 e. The van der Waals surface area contributed by atoms with Crippen molar-refractivity contribution in [1.82, 2.24) is 34.9 Å². The van der Waals surface area contributed by atoms with Gasteiger partial charge < -0.3 is 10.2 Å². The van der Waals surface area contributed by atoms with Gasteiger partial charge in [0, 0.05) is 80.1 Å². The molecule has 0 atom stereocenters. The zero-order valence-corrected chi connectivity index (χ0v) is 24.5. The van der Waals surface area contributed by atoms with Crippen LogP contribution < -0.4 is 5.32 Å². The number of hydrogen-bond donors (Lipinski definition) is 1. The molecule has 1 aliphatic rings. The predicted octanol–water partition coefficient (Wildman–Crippen LogP) is 4.96. The summed E-state index contributed by atoms with van der Waals surface area (Å²) in [6.07, 6.45) is 5.87. The summed E-state index contributed by atoms with van der Waals surface area (Å²) < 4.78 is 0. The van der Waals surface area contributed by atoms with Crippen LogP contribution in [0.4, 0.5) is 5.69 Å². The van der Waals surface area contributed by atoms with E-state index in [2.05, 4.69) is 61.4 Å². The standard InChI is InChI=1S/C32H32N8OS/c1-22-3-8-28(36-31(41)24-6-4-23(5-7-24)20-40-13-11-39(2)12-14-40)16-25(22)17-30-34-10-9-29(37-30)26-15-27(19-33-18-26)32-38-35-21-42-32/h3-10,15-16,18-19,21H,11-14,17,20H2,1-2H3,(H,36,41). The van der Waals surface area contributed by atoms with Crippen molar-refractivity contribution in [2.75, 3.05) is 38.5 Å². The second-order valence-corrected chi connectivity index (χ2v) is 11.4. The lowest BCUT2D eigenvalue weighted by atomic mass is 10.0. The molecule has 3 aromatic heterocycles. The van der Waals surface area contributed by atoms with Gasteiger partial charge in [0.25, 0.3) is 5.91 Å². The molecule has 0 bridgehead atoms. The molecule has 1 fully saturated rings. The van der Waals surface area contributed by atoms with Crippen molar-refractivity contribution < 1.29 is 4.79 Å². The molecule has 1 amide bonds. The van der Waals surface area contributed by atoms with Gasteiger partial charge in [-0.3, -0.25) is 14.7 Å². The fraction of sp³-hybridized carbons (Fsp3) is 0.250. The Balaban J connectivity index is 1.12. The molecule has 42 heavy (non-hydrogen) atoms. The SMILES string of the molecule is Cc1ccc(NC(=O)c2ccc(CN3CCN(C)CC3)cc2)cc1Cc1nccc(-c2cncc(-c3nncs3)c2)n1. The van der Waals surface area contributed by atoms with Gasteiger partial charge in [0.15, 0.2) is 0 Å². The topological polar surface area (TPSA) is 100 Å². The van der Waals surface area contributed by atoms with Crippen LogP contribution in [0.15, 0.2) is 78.7 Å². The molecule has 0 radical (unpaired) electrons. The van der Waals surface area contributed by atoms with E-state index in [1.807, 2.05) is 42.5 Å². The molecule has 0 aliphatic carbocycles. The highest BCUT2D eigenvalue weighted by Gasteiger charge is 2.15. The Hall–Kier alpha value is -4.38. The van der Waals surface area contributed by atoms with Gasteiger partial charge in [-0.05, 0) is 67.1 Å². The Morgan fingerprint density at radius 2 is 1.79 bits per heavy atom. The molecule has 2 aromatic carbocycles. The average molecular weight is 577 g/mol. The van der Waals surface area contributed by atoms with E-state index in [0.717, 1.165) is 71.4 Å². The normalized spacial score (nSPS) is 14.1. The van der Waals surface area contributed by atoms with Gasteiger partial charge in [0.2, 0.25) is 0 Å². The van der Waals surface area contributed by atoms with E-state index in [9.17, 15) is 4.79 Å². The van der Waals surface area contributed by atoms with Gasteiger partial charge in [-0.1, -0.05) is 29.5 Å². The van der Waals surface area contributed by atoms with Crippen molar-refractivity contribution >= 4 is 22.9 Å². The first-order valence-electron chi connectivity index (χ1n) is 13.9. The number of nitrogens with zero attached hydrogens (tertiary/aromatic N) is 7. The summed E-state index contributed by atoms with van der Waals surface area (Å²) in [5.74, 6) is 0.563. The van der Waals surface area contributed by atoms with Crippen LogP contribution in [0.25, 0.3) is 21.8 Å². The highest BCUT2D eigenvalue weighted by atomic mass is 32.1. The minimum Gasteiger partial charge on any atom is -0.322 e. The van der Waals surface area contributed by atoms with Crippen LogP contribution in [-0.2, 0) is 13.0 Å². The van der Waals surface area contributed by atoms with Crippen molar-refractivity contribution in [3.05, 3.63) is 107 Å². The Morgan fingerprint density at radius 1 is 0.976 bits per heavy atom. The van der Waals surface area contributed by atoms with Crippen molar-refractivity contribution in [1.29, 1.82) is 0 Å². The molecule has 5 aromatic rings. The van der Waals surface area contributed by atoms with Crippen molar-refractivity contribution in [2.24, 2.45) is 0 Å². The average Bonchev–Trinajstić information content (AvgIpc) is 3.56. The summed E-state index contributed by atoms with van der Waals surface area (Å²) in [7, 11) is 2.16. The van der Waals surface area contributed by atoms with Gasteiger partial charge in [0.1, 0.15) is 16.3 Å². The lowest BCUT2D eigenvalue weighted by Crippen LogP contribution is -2.43. The number of nitrogens with one attached hydrogen (secondary N) is 1. The fourth-order valence-corrected chi connectivity index (χ4v) is 5.52. The minimum atomic E-state index is -0.128. The summed E-state index contributed by atoms with van der Waals surface area (Å²) >= 11 is 1.47. The molecule has 1 saturated heterocycles. The number of anilines is 1. The first kappa shape index (κ1) is 27.8. The third-order valence-electron chi connectivity index (χ3n) is 7.52. The van der Waals surface area contributed by atoms with Gasteiger partial charge in [-0.25, -0.2) is 9.97 Å². The molecule has 0 spiro atoms. The van der Waals surface area contributed by atoms with Crippen LogP contribution >= 0.6 is 11.3 Å². The van der Waals surface area contributed by atoms with Crippen LogP contribution in [0.5, 0.6) is 0 Å². The fourth-order valence-electron chi connectivity index (χ4n) is 4.98. The zero-order chi connectivity index (χ0) is 28.9. The highest BCUT2D eigenvalue weighted by molar-refractivity contribution is 7.12. The van der Waals surface area contributed by atoms with Crippen LogP contribution in [0.1, 0.15) is 32.9 Å². The molecule has 0 unspecified atom stereocenters. The lowest BCUT2D eigenvalue weighted by molar-refractivity contribution is 0.102. The number of carbonyl (C=O) groups excluding carboxylic acids is 1. The van der Waals surface area contributed by atoms with E-state index in [-0.39, 0.29) is 5.91 Å². The molecule has 212 valence electrons. The molecule has 6 rings (SSSR count). The Morgan fingerprint density at radius 3 is 2.57 bits per heavy atom. The monoisotopic (exact) mass is 576 g/mol. The molecule has 9 nitrogen and oxygen atoms in total. The maximum absolute atomic E-state index is 13.1. The summed E-state index contributed by atoms with van der Waals surface area (Å²) in [4.78, 5) is 31.6. The van der Waals surface area contributed by atoms with E-state index in [4.69, 9.17) is 4.98 Å². The molecular formula is C32H32N8OS. The number of carbonyl (C=O) groups is 1. The summed E-state index contributed by atoms with van der Waals surface area (Å²) in [5.41, 5.74) is 9.04. The van der Waals surface area contributed by atoms with Crippen LogP contribution in [0.3, 0.4) is 0 Å². The van der Waals surface area contributed by atoms with E-state index in [0.29, 0.717) is 17.8 Å². The molecular weight excluding hydrogens is 544 g/mol. The minimum absolute atomic E-state index is 0.128. The van der Waals surface area contributed by atoms with E-state index >= 15 is 0 Å². The number of hydrogen-bond acceptors (Lipinski definition) is 9. The van der Waals surface area contributed by atoms with Crippen molar-refractivity contribution in [2.45, 2.75) is 19.9 Å². The molecule has 10 heteroatoms. The zero-order valence-electron chi connectivity index (χ0n) is 23.7. The number of piperazine rings is 1. The second-order valence-electron chi connectivity index (χ2n) is 10.6. The smallest absolute Gasteiger partial charge is 0.255 e. The summed E-state index contributed by atoms with van der Waals surface area (Å²) in [6, 6.07) is 17.8. The second kappa shape index (κ2) is 12.6. The third-order valence-corrected chi connectivity index (χ3v) is 8.26. The number of amides is 1. The van der Waals surface area contributed by atoms with Gasteiger partial charge in [-0.2, -0.15) is 0 Å². The van der Waals surface area contributed by atoms with Crippen molar-refractivity contribution in [3.63, 3.8) is 0 Å². The largest absolute Gasteiger partial charge is 0.322 e. The number of rotatable bonds is 8. The predicted molar refractivity (Wildman–Crippen MR) is 165 cm³/mol. The summed E-state index contributed by atoms with van der Waals surface area (Å²) in [5, 5.41) is 11.9. The van der Waals surface area contributed by atoms with E-state index in [1.54, 1.807) is 24.1 Å². The number of likely N-dealkylation sites (N-methyl/N-ethyl adjacent to an activating group) is 1.